The summed E-state index contributed by atoms with van der Waals surface area (Å²) in [5.41, 5.74) is 0. The van der Waals surface area contributed by atoms with Crippen LogP contribution >= 0.6 is 7.82 Å². The Morgan fingerprint density at radius 3 is 2.19 bits per heavy atom. The number of unbranched alkanes of at least 4 members (excludes halogenated alkanes) is 7. The molecule has 0 radical (unpaired) electrons. The summed E-state index contributed by atoms with van der Waals surface area (Å²) in [6, 6.07) is 0. The fraction of sp³-hybridized carbons (Fsp3) is 0.947. The van der Waals surface area contributed by atoms with Gasteiger partial charge in [0.05, 0.1) is 19.3 Å². The van der Waals surface area contributed by atoms with E-state index in [2.05, 4.69) is 6.92 Å². The van der Waals surface area contributed by atoms with E-state index < -0.39 is 7.82 Å². The van der Waals surface area contributed by atoms with Crippen molar-refractivity contribution in [3.05, 3.63) is 0 Å². The van der Waals surface area contributed by atoms with E-state index in [1.807, 2.05) is 6.92 Å². The molecular formula is C19H38NO6P. The molecule has 7 nitrogen and oxygen atoms in total. The molecule has 0 saturated carbocycles. The first kappa shape index (κ1) is 24.4. The molecular weight excluding hydrogens is 369 g/mol. The van der Waals surface area contributed by atoms with Crippen LogP contribution in [0.15, 0.2) is 0 Å². The van der Waals surface area contributed by atoms with Gasteiger partial charge in [-0.1, -0.05) is 58.8 Å². The van der Waals surface area contributed by atoms with Crippen molar-refractivity contribution in [3.63, 3.8) is 0 Å². The van der Waals surface area contributed by atoms with E-state index in [4.69, 9.17) is 13.8 Å². The van der Waals surface area contributed by atoms with Gasteiger partial charge in [0.15, 0.2) is 0 Å². The second-order valence-corrected chi connectivity index (χ2v) is 8.59. The molecule has 0 aliphatic carbocycles. The van der Waals surface area contributed by atoms with E-state index in [0.29, 0.717) is 32.5 Å². The number of amides is 1. The molecule has 1 fully saturated rings. The Morgan fingerprint density at radius 2 is 1.56 bits per heavy atom. The van der Waals surface area contributed by atoms with Gasteiger partial charge in [-0.05, 0) is 25.7 Å². The van der Waals surface area contributed by atoms with Crippen LogP contribution in [0.1, 0.15) is 84.5 Å². The molecule has 27 heavy (non-hydrogen) atoms. The summed E-state index contributed by atoms with van der Waals surface area (Å²) < 4.78 is 27.6. The van der Waals surface area contributed by atoms with Crippen molar-refractivity contribution in [1.29, 1.82) is 0 Å². The van der Waals surface area contributed by atoms with Gasteiger partial charge in [0, 0.05) is 13.1 Å². The van der Waals surface area contributed by atoms with Crippen LogP contribution in [0.2, 0.25) is 0 Å². The summed E-state index contributed by atoms with van der Waals surface area (Å²) in [6.07, 6.45) is 10.0. The van der Waals surface area contributed by atoms with Gasteiger partial charge in [0.2, 0.25) is 0 Å². The van der Waals surface area contributed by atoms with E-state index in [1.54, 1.807) is 4.90 Å². The van der Waals surface area contributed by atoms with E-state index >= 15 is 0 Å². The summed E-state index contributed by atoms with van der Waals surface area (Å²) in [5.74, 6) is 0. The van der Waals surface area contributed by atoms with Gasteiger partial charge in [0.1, 0.15) is 0 Å². The summed E-state index contributed by atoms with van der Waals surface area (Å²) >= 11 is 0. The maximum absolute atomic E-state index is 12.1. The van der Waals surface area contributed by atoms with E-state index in [0.717, 1.165) is 32.1 Å². The third kappa shape index (κ3) is 11.7. The Labute approximate surface area is 164 Å². The maximum Gasteiger partial charge on any atom is 0.472 e. The largest absolute Gasteiger partial charge is 0.472 e. The Balaban J connectivity index is 2.13. The predicted octanol–water partition coefficient (Wildman–Crippen LogP) is 5.27. The Morgan fingerprint density at radius 1 is 0.963 bits per heavy atom. The number of phosphoric acid groups is 1. The molecule has 0 spiro atoms. The van der Waals surface area contributed by atoms with Crippen molar-refractivity contribution in [2.24, 2.45) is 0 Å². The van der Waals surface area contributed by atoms with Crippen molar-refractivity contribution >= 4 is 13.9 Å². The molecule has 1 N–H and O–H groups in total. The zero-order valence-electron chi connectivity index (χ0n) is 17.1. The van der Waals surface area contributed by atoms with Crippen LogP contribution in [0.3, 0.4) is 0 Å². The van der Waals surface area contributed by atoms with Crippen LogP contribution in [0.4, 0.5) is 4.79 Å². The van der Waals surface area contributed by atoms with Crippen LogP contribution in [0.25, 0.3) is 0 Å². The van der Waals surface area contributed by atoms with E-state index in [-0.39, 0.29) is 18.8 Å². The smallest absolute Gasteiger partial charge is 0.449 e. The van der Waals surface area contributed by atoms with Crippen LogP contribution in [0.5, 0.6) is 0 Å². The molecule has 1 unspecified atom stereocenters. The second kappa shape index (κ2) is 14.4. The summed E-state index contributed by atoms with van der Waals surface area (Å²) in [6.45, 7) is 5.84. The Bertz CT molecular complexity index is 440. The van der Waals surface area contributed by atoms with Gasteiger partial charge in [0.25, 0.3) is 0 Å². The van der Waals surface area contributed by atoms with Gasteiger partial charge in [-0.15, -0.1) is 0 Å². The van der Waals surface area contributed by atoms with Gasteiger partial charge in [-0.25, -0.2) is 9.36 Å². The number of rotatable bonds is 14. The van der Waals surface area contributed by atoms with Crippen molar-refractivity contribution in [3.8, 4) is 0 Å². The number of phosphoric ester groups is 1. The number of hydrogen-bond acceptors (Lipinski definition) is 5. The van der Waals surface area contributed by atoms with Gasteiger partial charge in [-0.3, -0.25) is 9.05 Å². The molecule has 0 aromatic heterocycles. The van der Waals surface area contributed by atoms with Gasteiger partial charge in [-0.2, -0.15) is 0 Å². The fourth-order valence-electron chi connectivity index (χ4n) is 3.00. The molecule has 1 saturated heterocycles. The van der Waals surface area contributed by atoms with Crippen molar-refractivity contribution in [1.82, 2.24) is 4.90 Å². The van der Waals surface area contributed by atoms with Gasteiger partial charge >= 0.3 is 13.9 Å². The number of nitrogens with zero attached hydrogens (tertiary/aromatic N) is 1. The van der Waals surface area contributed by atoms with E-state index in [1.165, 1.54) is 25.7 Å². The van der Waals surface area contributed by atoms with Crippen LogP contribution in [0, 0.1) is 0 Å². The lowest BCUT2D eigenvalue weighted by atomic mass is 10.1. The minimum absolute atomic E-state index is 0.240. The molecule has 1 rings (SSSR count). The first-order valence-electron chi connectivity index (χ1n) is 10.6. The highest BCUT2D eigenvalue weighted by Gasteiger charge is 2.31. The minimum Gasteiger partial charge on any atom is -0.449 e. The first-order chi connectivity index (χ1) is 13.0. The molecule has 1 aliphatic heterocycles. The predicted molar refractivity (Wildman–Crippen MR) is 106 cm³/mol. The second-order valence-electron chi connectivity index (χ2n) is 7.18. The number of ether oxygens (including phenoxy) is 1. The Kier molecular flexibility index (Phi) is 13.0. The molecule has 1 aliphatic rings. The molecule has 0 aromatic carbocycles. The number of carbonyl (C=O) groups is 1. The van der Waals surface area contributed by atoms with Crippen LogP contribution in [-0.4, -0.2) is 48.3 Å². The fourth-order valence-corrected chi connectivity index (χ4v) is 4.01. The van der Waals surface area contributed by atoms with Crippen molar-refractivity contribution < 1.29 is 28.0 Å². The summed E-state index contributed by atoms with van der Waals surface area (Å²) in [5, 5.41) is 0. The lowest BCUT2D eigenvalue weighted by molar-refractivity contribution is 0.0469. The standard InChI is InChI=1S/C19H38NO6P/c1-3-5-7-8-9-10-11-17-25-27(22,23)26-18-12-14-20(15-13-18)19(21)24-16-6-4-2/h18H,3-17H2,1-2H3,(H,22,23). The molecule has 0 bridgehead atoms. The third-order valence-electron chi connectivity index (χ3n) is 4.71. The molecule has 0 aromatic rings. The number of likely N-dealkylation sites (tertiary alicyclic amines) is 1. The highest BCUT2D eigenvalue weighted by atomic mass is 31.2. The zero-order valence-corrected chi connectivity index (χ0v) is 18.0. The molecule has 1 amide bonds. The van der Waals surface area contributed by atoms with Crippen molar-refractivity contribution in [2.75, 3.05) is 26.3 Å². The highest BCUT2D eigenvalue weighted by Crippen LogP contribution is 2.46. The average Bonchev–Trinajstić information content (AvgIpc) is 2.64. The Hall–Kier alpha value is -0.620. The minimum atomic E-state index is -4.03. The first-order valence-corrected chi connectivity index (χ1v) is 12.1. The maximum atomic E-state index is 12.1. The lowest BCUT2D eigenvalue weighted by Gasteiger charge is -2.31. The SMILES string of the molecule is CCCCCCCCCOP(=O)(O)OC1CCN(C(=O)OCCCC)CC1. The third-order valence-corrected chi connectivity index (χ3v) is 5.78. The van der Waals surface area contributed by atoms with Crippen LogP contribution < -0.4 is 0 Å². The normalized spacial score (nSPS) is 17.7. The highest BCUT2D eigenvalue weighted by molar-refractivity contribution is 7.47. The molecule has 1 atom stereocenters. The molecule has 160 valence electrons. The zero-order chi connectivity index (χ0) is 20.0. The topological polar surface area (TPSA) is 85.3 Å². The van der Waals surface area contributed by atoms with E-state index in [9.17, 15) is 14.3 Å². The quantitative estimate of drug-likeness (QED) is 0.312. The number of carbonyl (C=O) groups excluding carboxylic acids is 1. The lowest BCUT2D eigenvalue weighted by Crippen LogP contribution is -2.41. The number of piperidine rings is 1. The number of hydrogen-bond donors (Lipinski definition) is 1. The van der Waals surface area contributed by atoms with Crippen LogP contribution in [-0.2, 0) is 18.3 Å². The summed E-state index contributed by atoms with van der Waals surface area (Å²) in [4.78, 5) is 23.4. The molecule has 8 heteroatoms. The van der Waals surface area contributed by atoms with Crippen molar-refractivity contribution in [2.45, 2.75) is 90.6 Å². The summed E-state index contributed by atoms with van der Waals surface area (Å²) in [7, 11) is -4.03. The molecule has 1 heterocycles. The monoisotopic (exact) mass is 407 g/mol. The van der Waals surface area contributed by atoms with Gasteiger partial charge < -0.3 is 14.5 Å². The average molecular weight is 407 g/mol.